The molecule has 2 unspecified atom stereocenters. The van der Waals surface area contributed by atoms with Crippen molar-refractivity contribution in [2.75, 3.05) is 0 Å². The molecule has 7 heteroatoms. The van der Waals surface area contributed by atoms with Crippen LogP contribution in [-0.4, -0.2) is 14.1 Å². The molecular weight excluding hydrogens is 553 g/mol. The minimum atomic E-state index is -1.27. The van der Waals surface area contributed by atoms with E-state index in [1.807, 2.05) is 0 Å². The first-order valence-corrected chi connectivity index (χ1v) is 28.6. The summed E-state index contributed by atoms with van der Waals surface area (Å²) in [5.74, 6) is 0.0388. The van der Waals surface area contributed by atoms with Crippen LogP contribution in [0.15, 0.2) is 121 Å². The summed E-state index contributed by atoms with van der Waals surface area (Å²) in [6.45, 7) is -2.10. The molecule has 0 amide bonds. The first kappa shape index (κ1) is 20.0. The maximum atomic E-state index is 2.52. The van der Waals surface area contributed by atoms with Crippen LogP contribution in [0.1, 0.15) is 0 Å². The molecule has 2 atom stereocenters. The molecule has 4 heterocycles. The summed E-state index contributed by atoms with van der Waals surface area (Å²) in [6.07, 6.45) is 0. The predicted molar refractivity (Wildman–Crippen MR) is 152 cm³/mol. The van der Waals surface area contributed by atoms with Crippen LogP contribution in [0.2, 0.25) is 0 Å². The molecule has 150 valence electrons. The fraction of sp³-hybridized carbons (Fsp3) is 0. The van der Waals surface area contributed by atoms with Crippen molar-refractivity contribution in [2.24, 2.45) is 0 Å². The molecule has 3 aliphatic rings. The molecule has 8 rings (SSSR count). The Balaban J connectivity index is 1.58. The van der Waals surface area contributed by atoms with Gasteiger partial charge in [-0.15, -0.1) is 0 Å². The van der Waals surface area contributed by atoms with Crippen molar-refractivity contribution in [3.05, 3.63) is 121 Å². The van der Waals surface area contributed by atoms with E-state index in [1.165, 1.54) is 0 Å². The van der Waals surface area contributed by atoms with Crippen molar-refractivity contribution in [2.45, 2.75) is 0 Å². The standard InChI is InChI=1S/C24H20P6Se/c1-5-13-21(14-6-1)29(22-15-7-2-8-16-22)25-26-27(25)31-28(29)30(26,23-17-9-3-10-18-23)24-19-11-4-12-20-24/h1-20H/q+2. The van der Waals surface area contributed by atoms with Gasteiger partial charge in [0.2, 0.25) is 0 Å². The molecule has 0 N–H and O–H groups in total. The normalized spacial score (nSPS) is 21.4. The molecular formula is C24H20P6Se+2. The van der Waals surface area contributed by atoms with Crippen LogP contribution >= 0.6 is 38.0 Å². The molecule has 0 saturated carbocycles. The zero-order valence-corrected chi connectivity index (χ0v) is 23.7. The average molecular weight is 573 g/mol. The van der Waals surface area contributed by atoms with Gasteiger partial charge in [0.25, 0.3) is 0 Å². The number of hydrogen-bond acceptors (Lipinski definition) is 0. The summed E-state index contributed by atoms with van der Waals surface area (Å²) in [5.41, 5.74) is 0.364. The van der Waals surface area contributed by atoms with Crippen LogP contribution in [0, 0.1) is 0 Å². The topological polar surface area (TPSA) is 0 Å². The second-order valence-electron chi connectivity index (χ2n) is 7.67. The number of benzene rings is 4. The Bertz CT molecular complexity index is 1170. The molecule has 5 aromatic rings. The zero-order valence-electron chi connectivity index (χ0n) is 16.6. The van der Waals surface area contributed by atoms with Gasteiger partial charge in [-0.2, -0.15) is 0 Å². The van der Waals surface area contributed by atoms with Crippen LogP contribution in [0.3, 0.4) is 0 Å². The molecule has 1 aromatic heterocycles. The first-order valence-electron chi connectivity index (χ1n) is 10.3. The monoisotopic (exact) mass is 574 g/mol. The van der Waals surface area contributed by atoms with Gasteiger partial charge < -0.3 is 0 Å². The van der Waals surface area contributed by atoms with E-state index in [9.17, 15) is 0 Å². The molecule has 0 spiro atoms. The van der Waals surface area contributed by atoms with Gasteiger partial charge >= 0.3 is 195 Å². The van der Waals surface area contributed by atoms with Crippen LogP contribution in [0.5, 0.6) is 0 Å². The summed E-state index contributed by atoms with van der Waals surface area (Å²) < 4.78 is 0. The summed E-state index contributed by atoms with van der Waals surface area (Å²) >= 11 is 0.904. The molecule has 4 aromatic carbocycles. The van der Waals surface area contributed by atoms with Gasteiger partial charge in [-0.25, -0.2) is 0 Å². The van der Waals surface area contributed by atoms with Crippen molar-refractivity contribution in [3.63, 3.8) is 0 Å². The summed E-state index contributed by atoms with van der Waals surface area (Å²) in [5, 5.41) is 7.01. The van der Waals surface area contributed by atoms with Gasteiger partial charge in [0.05, 0.1) is 0 Å². The molecule has 0 nitrogen and oxygen atoms in total. The summed E-state index contributed by atoms with van der Waals surface area (Å²) in [4.78, 5) is 0. The van der Waals surface area contributed by atoms with Crippen LogP contribution in [0.4, 0.5) is 0 Å². The van der Waals surface area contributed by atoms with E-state index in [2.05, 4.69) is 121 Å². The molecule has 0 radical (unpaired) electrons. The Morgan fingerprint density at radius 3 is 0.968 bits per heavy atom. The second kappa shape index (κ2) is 7.55. The summed E-state index contributed by atoms with van der Waals surface area (Å²) in [6, 6.07) is 47.6. The Morgan fingerprint density at radius 2 is 0.710 bits per heavy atom. The first-order chi connectivity index (χ1) is 15.4. The Kier molecular flexibility index (Phi) is 4.87. The molecule has 0 saturated heterocycles. The Hall–Kier alpha value is -0.411. The molecule has 0 fully saturated rings. The van der Waals surface area contributed by atoms with Gasteiger partial charge in [0.1, 0.15) is 0 Å². The van der Waals surface area contributed by atoms with Crippen LogP contribution in [-0.2, 0) is 0 Å². The van der Waals surface area contributed by atoms with E-state index in [1.54, 1.807) is 21.2 Å². The fourth-order valence-electron chi connectivity index (χ4n) is 4.77. The van der Waals surface area contributed by atoms with E-state index in [-0.39, 0.29) is 19.1 Å². The van der Waals surface area contributed by atoms with E-state index in [4.69, 9.17) is 0 Å². The third-order valence-corrected chi connectivity index (χ3v) is 125. The van der Waals surface area contributed by atoms with Crippen LogP contribution in [0.25, 0.3) is 0 Å². The van der Waals surface area contributed by atoms with Gasteiger partial charge in [-0.05, 0) is 0 Å². The molecule has 31 heavy (non-hydrogen) atoms. The average Bonchev–Trinajstić information content (AvgIpc) is 3.20. The van der Waals surface area contributed by atoms with Crippen molar-refractivity contribution < 1.29 is 0 Å². The molecule has 3 aliphatic heterocycles. The van der Waals surface area contributed by atoms with Crippen molar-refractivity contribution >= 4 is 73.3 Å². The predicted octanol–water partition coefficient (Wildman–Crippen LogP) is 8.23. The minimum absolute atomic E-state index is 0.0388. The van der Waals surface area contributed by atoms with Crippen molar-refractivity contribution in [1.82, 2.24) is 0 Å². The van der Waals surface area contributed by atoms with E-state index in [0.29, 0.717) is 5.58 Å². The van der Waals surface area contributed by atoms with Crippen molar-refractivity contribution in [3.8, 4) is 0 Å². The van der Waals surface area contributed by atoms with Gasteiger partial charge in [0, 0.05) is 0 Å². The van der Waals surface area contributed by atoms with E-state index < -0.39 is 13.3 Å². The Morgan fingerprint density at radius 1 is 0.419 bits per heavy atom. The van der Waals surface area contributed by atoms with Crippen molar-refractivity contribution in [1.29, 1.82) is 0 Å². The SMILES string of the molecule is c1ccc([P+]2(c3ccccc3)P3[Se]p4p2p4[P+]3(c2ccccc2)c2ccccc2)cc1. The van der Waals surface area contributed by atoms with E-state index >= 15 is 0 Å². The third-order valence-electron chi connectivity index (χ3n) is 6.06. The van der Waals surface area contributed by atoms with Gasteiger partial charge in [-0.1, -0.05) is 0 Å². The number of hydrogen-bond donors (Lipinski definition) is 0. The molecule has 4 bridgehead atoms. The molecule has 0 aliphatic carbocycles. The van der Waals surface area contributed by atoms with Gasteiger partial charge in [0.15, 0.2) is 0 Å². The quantitative estimate of drug-likeness (QED) is 0.150. The van der Waals surface area contributed by atoms with Gasteiger partial charge in [-0.3, -0.25) is 0 Å². The van der Waals surface area contributed by atoms with Crippen LogP contribution < -0.4 is 21.2 Å². The second-order valence-corrected chi connectivity index (χ2v) is 58.5. The summed E-state index contributed by atoms with van der Waals surface area (Å²) in [7, 11) is 0. The Labute approximate surface area is 193 Å². The maximum absolute atomic E-state index is 2.52. The third kappa shape index (κ3) is 2.57. The zero-order chi connectivity index (χ0) is 20.5. The number of rotatable bonds is 4. The van der Waals surface area contributed by atoms with E-state index in [0.717, 1.165) is 14.1 Å². The fourth-order valence-corrected chi connectivity index (χ4v) is 275.